The van der Waals surface area contributed by atoms with Crippen molar-refractivity contribution in [2.75, 3.05) is 19.0 Å². The molecule has 3 heterocycles. The van der Waals surface area contributed by atoms with Gasteiger partial charge in [-0.3, -0.25) is 4.79 Å². The number of thiophene rings is 1. The van der Waals surface area contributed by atoms with Gasteiger partial charge in [-0.2, -0.15) is 0 Å². The highest BCUT2D eigenvalue weighted by Gasteiger charge is 2.18. The Morgan fingerprint density at radius 2 is 1.93 bits per heavy atom. The van der Waals surface area contributed by atoms with Crippen molar-refractivity contribution in [3.05, 3.63) is 63.7 Å². The predicted molar refractivity (Wildman–Crippen MR) is 124 cm³/mol. The lowest BCUT2D eigenvalue weighted by atomic mass is 10.1. The molecule has 0 aliphatic rings. The van der Waals surface area contributed by atoms with E-state index < -0.39 is 10.0 Å². The van der Waals surface area contributed by atoms with Gasteiger partial charge >= 0.3 is 0 Å². The molecule has 7 nitrogen and oxygen atoms in total. The van der Waals surface area contributed by atoms with Crippen molar-refractivity contribution < 1.29 is 8.42 Å². The highest BCUT2D eigenvalue weighted by atomic mass is 35.5. The predicted octanol–water partition coefficient (Wildman–Crippen LogP) is 3.34. The summed E-state index contributed by atoms with van der Waals surface area (Å²) >= 11 is 1.18. The summed E-state index contributed by atoms with van der Waals surface area (Å²) in [6, 6.07) is 8.89. The molecule has 3 aromatic heterocycles. The Morgan fingerprint density at radius 1 is 1.20 bits per heavy atom. The Bertz CT molecular complexity index is 1170. The number of rotatable bonds is 7. The van der Waals surface area contributed by atoms with Crippen LogP contribution < -0.4 is 15.2 Å². The van der Waals surface area contributed by atoms with E-state index in [2.05, 4.69) is 14.7 Å². The van der Waals surface area contributed by atoms with Crippen LogP contribution in [0.3, 0.4) is 0 Å². The smallest absolute Gasteiger partial charge is 0.251 e. The van der Waals surface area contributed by atoms with Gasteiger partial charge in [0.2, 0.25) is 10.0 Å². The maximum absolute atomic E-state index is 12.7. The molecule has 0 atom stereocenters. The molecule has 2 N–H and O–H groups in total. The summed E-state index contributed by atoms with van der Waals surface area (Å²) in [5.74, 6) is 0.808. The molecule has 0 aliphatic carbocycles. The van der Waals surface area contributed by atoms with Crippen LogP contribution in [0.15, 0.2) is 45.5 Å². The fourth-order valence-electron chi connectivity index (χ4n) is 2.83. The van der Waals surface area contributed by atoms with E-state index in [9.17, 15) is 13.2 Å². The minimum Gasteiger partial charge on any atom is -0.363 e. The van der Waals surface area contributed by atoms with Gasteiger partial charge in [0.15, 0.2) is 0 Å². The lowest BCUT2D eigenvalue weighted by Crippen LogP contribution is -2.22. The van der Waals surface area contributed by atoms with Gasteiger partial charge in [0, 0.05) is 48.5 Å². The Hall–Kier alpha value is -2.20. The number of halogens is 1. The highest BCUT2D eigenvalue weighted by molar-refractivity contribution is 7.91. The number of aromatic amines is 1. The summed E-state index contributed by atoms with van der Waals surface area (Å²) in [5.41, 5.74) is 2.92. The Balaban J connectivity index is 0.00000320. The number of aryl methyl sites for hydroxylation is 2. The molecule has 3 aromatic rings. The van der Waals surface area contributed by atoms with Crippen LogP contribution in [0.5, 0.6) is 0 Å². The number of nitrogens with zero attached hydrogens (tertiary/aromatic N) is 2. The van der Waals surface area contributed by atoms with Crippen LogP contribution in [0.2, 0.25) is 0 Å². The van der Waals surface area contributed by atoms with Crippen LogP contribution in [-0.4, -0.2) is 32.5 Å². The molecule has 162 valence electrons. The lowest BCUT2D eigenvalue weighted by Gasteiger charge is -2.11. The van der Waals surface area contributed by atoms with Crippen molar-refractivity contribution in [3.8, 4) is 10.4 Å². The summed E-state index contributed by atoms with van der Waals surface area (Å²) < 4.78 is 28.3. The molecule has 0 aromatic carbocycles. The average molecular weight is 469 g/mol. The fourth-order valence-corrected chi connectivity index (χ4v) is 5.27. The van der Waals surface area contributed by atoms with E-state index in [0.717, 1.165) is 27.5 Å². The first-order valence-corrected chi connectivity index (χ1v) is 11.5. The number of anilines is 1. The minimum absolute atomic E-state index is 0. The number of hydrogen-bond donors (Lipinski definition) is 2. The zero-order chi connectivity index (χ0) is 21.2. The number of aromatic nitrogens is 2. The van der Waals surface area contributed by atoms with Gasteiger partial charge in [0.25, 0.3) is 5.56 Å². The second kappa shape index (κ2) is 9.74. The van der Waals surface area contributed by atoms with E-state index in [1.54, 1.807) is 18.3 Å². The van der Waals surface area contributed by atoms with Gasteiger partial charge in [-0.05, 0) is 43.2 Å². The summed E-state index contributed by atoms with van der Waals surface area (Å²) in [4.78, 5) is 21.7. The molecule has 0 fully saturated rings. The zero-order valence-electron chi connectivity index (χ0n) is 17.2. The number of hydrogen-bond acceptors (Lipinski definition) is 6. The molecule has 30 heavy (non-hydrogen) atoms. The molecule has 0 radical (unpaired) electrons. The summed E-state index contributed by atoms with van der Waals surface area (Å²) in [7, 11) is 0.141. The molecule has 0 spiro atoms. The van der Waals surface area contributed by atoms with Gasteiger partial charge in [-0.25, -0.2) is 18.1 Å². The van der Waals surface area contributed by atoms with Crippen molar-refractivity contribution in [2.24, 2.45) is 0 Å². The van der Waals surface area contributed by atoms with Gasteiger partial charge < -0.3 is 9.88 Å². The standard InChI is InChI=1S/C20H24N4O3S2.ClH/c1-5-15-10-16(13(2)23-20(15)25)17-7-9-19(28-17)29(26,27)22-12-14-6-8-18(21-11-14)24(3)4;/h6-11,22H,5,12H2,1-4H3,(H,23,25);1H. The lowest BCUT2D eigenvalue weighted by molar-refractivity contribution is 0.583. The molecule has 0 saturated heterocycles. The molecule has 0 bridgehead atoms. The van der Waals surface area contributed by atoms with Crippen molar-refractivity contribution in [2.45, 2.75) is 31.0 Å². The molecule has 0 aliphatic heterocycles. The SMILES string of the molecule is CCc1cc(-c2ccc(S(=O)(=O)NCc3ccc(N(C)C)nc3)s2)c(C)[nH]c1=O.Cl. The summed E-state index contributed by atoms with van der Waals surface area (Å²) in [6.45, 7) is 3.89. The first-order chi connectivity index (χ1) is 13.7. The topological polar surface area (TPSA) is 95.2 Å². The van der Waals surface area contributed by atoms with Crippen molar-refractivity contribution in [1.82, 2.24) is 14.7 Å². The van der Waals surface area contributed by atoms with E-state index in [-0.39, 0.29) is 28.7 Å². The molecular formula is C20H25ClN4O3S2. The van der Waals surface area contributed by atoms with E-state index >= 15 is 0 Å². The maximum Gasteiger partial charge on any atom is 0.251 e. The molecule has 0 saturated carbocycles. The third kappa shape index (κ3) is 5.28. The van der Waals surface area contributed by atoms with Crippen molar-refractivity contribution in [1.29, 1.82) is 0 Å². The largest absolute Gasteiger partial charge is 0.363 e. The van der Waals surface area contributed by atoms with Crippen LogP contribution in [0.25, 0.3) is 10.4 Å². The summed E-state index contributed by atoms with van der Waals surface area (Å²) in [5, 5.41) is 0. The maximum atomic E-state index is 12.7. The fraction of sp³-hybridized carbons (Fsp3) is 0.300. The third-order valence-corrected chi connectivity index (χ3v) is 7.55. The van der Waals surface area contributed by atoms with Gasteiger partial charge in [0.05, 0.1) is 0 Å². The zero-order valence-corrected chi connectivity index (χ0v) is 19.7. The monoisotopic (exact) mass is 468 g/mol. The molecule has 3 rings (SSSR count). The van der Waals surface area contributed by atoms with Crippen LogP contribution in [0.4, 0.5) is 5.82 Å². The molecular weight excluding hydrogens is 444 g/mol. The van der Waals surface area contributed by atoms with Crippen LogP contribution in [0, 0.1) is 6.92 Å². The quantitative estimate of drug-likeness (QED) is 0.554. The first kappa shape index (κ1) is 24.1. The van der Waals surface area contributed by atoms with E-state index in [1.807, 2.05) is 51.0 Å². The third-order valence-electron chi connectivity index (χ3n) is 4.54. The Labute approximate surface area is 186 Å². The van der Waals surface area contributed by atoms with E-state index in [4.69, 9.17) is 0 Å². The van der Waals surface area contributed by atoms with Crippen LogP contribution in [-0.2, 0) is 23.0 Å². The number of pyridine rings is 2. The molecule has 0 amide bonds. The van der Waals surface area contributed by atoms with Gasteiger partial charge in [-0.15, -0.1) is 23.7 Å². The normalized spacial score (nSPS) is 11.2. The van der Waals surface area contributed by atoms with Gasteiger partial charge in [0.1, 0.15) is 10.0 Å². The second-order valence-corrected chi connectivity index (χ2v) is 9.96. The highest BCUT2D eigenvalue weighted by Crippen LogP contribution is 2.32. The van der Waals surface area contributed by atoms with E-state index in [1.165, 1.54) is 11.3 Å². The number of nitrogens with one attached hydrogen (secondary N) is 2. The van der Waals surface area contributed by atoms with Gasteiger partial charge in [-0.1, -0.05) is 13.0 Å². The minimum atomic E-state index is -3.65. The average Bonchev–Trinajstić information content (AvgIpc) is 3.18. The van der Waals surface area contributed by atoms with Crippen LogP contribution in [0.1, 0.15) is 23.7 Å². The van der Waals surface area contributed by atoms with E-state index in [0.29, 0.717) is 12.0 Å². The molecule has 10 heteroatoms. The number of H-pyrrole nitrogens is 1. The first-order valence-electron chi connectivity index (χ1n) is 9.16. The summed E-state index contributed by atoms with van der Waals surface area (Å²) in [6.07, 6.45) is 2.27. The Morgan fingerprint density at radius 3 is 2.53 bits per heavy atom. The number of sulfonamides is 1. The molecule has 0 unspecified atom stereocenters. The van der Waals surface area contributed by atoms with Crippen molar-refractivity contribution in [3.63, 3.8) is 0 Å². The Kier molecular flexibility index (Phi) is 7.81. The van der Waals surface area contributed by atoms with Crippen LogP contribution >= 0.6 is 23.7 Å². The second-order valence-electron chi connectivity index (χ2n) is 6.88. The van der Waals surface area contributed by atoms with Crippen molar-refractivity contribution >= 4 is 39.6 Å².